The van der Waals surface area contributed by atoms with Gasteiger partial charge in [0, 0.05) is 0 Å². The summed E-state index contributed by atoms with van der Waals surface area (Å²) in [6.07, 6.45) is 6.69. The average Bonchev–Trinajstić information content (AvgIpc) is 2.66. The Hall–Kier alpha value is -1.17. The van der Waals surface area contributed by atoms with Crippen molar-refractivity contribution in [2.75, 3.05) is 5.75 Å². The SMILES string of the molecule is O=C(O)Cn1cc(OC2CCCCS2)cn1. The van der Waals surface area contributed by atoms with Crippen molar-refractivity contribution in [1.82, 2.24) is 9.78 Å². The van der Waals surface area contributed by atoms with E-state index in [-0.39, 0.29) is 12.0 Å². The lowest BCUT2D eigenvalue weighted by Crippen LogP contribution is -2.16. The molecule has 0 bridgehead atoms. The van der Waals surface area contributed by atoms with Crippen LogP contribution in [0.2, 0.25) is 0 Å². The van der Waals surface area contributed by atoms with Crippen LogP contribution in [0.5, 0.6) is 5.75 Å². The first kappa shape index (κ1) is 11.3. The van der Waals surface area contributed by atoms with Gasteiger partial charge in [-0.3, -0.25) is 9.48 Å². The van der Waals surface area contributed by atoms with Crippen molar-refractivity contribution in [1.29, 1.82) is 0 Å². The van der Waals surface area contributed by atoms with Crippen molar-refractivity contribution in [3.8, 4) is 5.75 Å². The molecule has 16 heavy (non-hydrogen) atoms. The van der Waals surface area contributed by atoms with E-state index in [1.54, 1.807) is 24.2 Å². The molecule has 0 saturated carbocycles. The van der Waals surface area contributed by atoms with E-state index in [1.165, 1.54) is 17.5 Å². The molecule has 1 atom stereocenters. The van der Waals surface area contributed by atoms with Crippen LogP contribution in [0, 0.1) is 0 Å². The summed E-state index contributed by atoms with van der Waals surface area (Å²) in [6, 6.07) is 0. The number of nitrogens with zero attached hydrogens (tertiary/aromatic N) is 2. The van der Waals surface area contributed by atoms with Crippen molar-refractivity contribution < 1.29 is 14.6 Å². The minimum absolute atomic E-state index is 0.124. The molecule has 0 aliphatic carbocycles. The molecule has 2 rings (SSSR count). The molecular formula is C10H14N2O3S. The topological polar surface area (TPSA) is 64.3 Å². The Morgan fingerprint density at radius 2 is 2.56 bits per heavy atom. The highest BCUT2D eigenvalue weighted by Crippen LogP contribution is 2.27. The zero-order chi connectivity index (χ0) is 11.4. The van der Waals surface area contributed by atoms with Crippen molar-refractivity contribution in [3.05, 3.63) is 12.4 Å². The molecule has 0 aromatic carbocycles. The zero-order valence-corrected chi connectivity index (χ0v) is 9.65. The van der Waals surface area contributed by atoms with Gasteiger partial charge in [-0.05, 0) is 25.0 Å². The molecule has 0 spiro atoms. The third-order valence-corrected chi connectivity index (χ3v) is 3.54. The van der Waals surface area contributed by atoms with Crippen LogP contribution in [-0.2, 0) is 11.3 Å². The zero-order valence-electron chi connectivity index (χ0n) is 8.83. The van der Waals surface area contributed by atoms with Crippen molar-refractivity contribution in [3.63, 3.8) is 0 Å². The summed E-state index contributed by atoms with van der Waals surface area (Å²) in [5.41, 5.74) is 0.191. The number of aliphatic carboxylic acids is 1. The van der Waals surface area contributed by atoms with Gasteiger partial charge in [0.2, 0.25) is 0 Å². The van der Waals surface area contributed by atoms with Gasteiger partial charge < -0.3 is 9.84 Å². The van der Waals surface area contributed by atoms with Gasteiger partial charge in [-0.25, -0.2) is 0 Å². The number of carboxylic acid groups (broad SMARTS) is 1. The van der Waals surface area contributed by atoms with Gasteiger partial charge in [0.1, 0.15) is 12.0 Å². The van der Waals surface area contributed by atoms with Crippen LogP contribution < -0.4 is 4.74 Å². The first-order valence-electron chi connectivity index (χ1n) is 5.26. The second-order valence-corrected chi connectivity index (χ2v) is 4.95. The van der Waals surface area contributed by atoms with Gasteiger partial charge in [0.15, 0.2) is 5.75 Å². The number of hydrogen-bond acceptors (Lipinski definition) is 4. The van der Waals surface area contributed by atoms with Gasteiger partial charge in [0.25, 0.3) is 0 Å². The number of aromatic nitrogens is 2. The molecule has 2 heterocycles. The van der Waals surface area contributed by atoms with Crippen molar-refractivity contribution in [2.24, 2.45) is 0 Å². The van der Waals surface area contributed by atoms with E-state index < -0.39 is 5.97 Å². The number of carbonyl (C=O) groups is 1. The van der Waals surface area contributed by atoms with E-state index in [0.29, 0.717) is 5.75 Å². The normalized spacial score (nSPS) is 20.6. The Morgan fingerprint density at radius 1 is 1.69 bits per heavy atom. The quantitative estimate of drug-likeness (QED) is 0.868. The Labute approximate surface area is 97.8 Å². The number of hydrogen-bond donors (Lipinski definition) is 1. The van der Waals surface area contributed by atoms with Gasteiger partial charge >= 0.3 is 5.97 Å². The Kier molecular flexibility index (Phi) is 3.71. The summed E-state index contributed by atoms with van der Waals surface area (Å²) in [5, 5.41) is 12.5. The summed E-state index contributed by atoms with van der Waals surface area (Å²) in [7, 11) is 0. The van der Waals surface area contributed by atoms with Crippen LogP contribution in [-0.4, -0.2) is 32.0 Å². The fourth-order valence-electron chi connectivity index (χ4n) is 1.59. The van der Waals surface area contributed by atoms with E-state index in [0.717, 1.165) is 12.2 Å². The van der Waals surface area contributed by atoms with E-state index in [1.807, 2.05) is 0 Å². The van der Waals surface area contributed by atoms with Crippen LogP contribution in [0.15, 0.2) is 12.4 Å². The molecule has 1 aromatic rings. The molecule has 1 N–H and O–H groups in total. The highest BCUT2D eigenvalue weighted by Gasteiger charge is 2.16. The molecule has 1 unspecified atom stereocenters. The summed E-state index contributed by atoms with van der Waals surface area (Å²) < 4.78 is 7.07. The Balaban J connectivity index is 1.88. The molecule has 88 valence electrons. The van der Waals surface area contributed by atoms with Crippen LogP contribution >= 0.6 is 11.8 Å². The Bertz CT molecular complexity index is 361. The molecule has 0 amide bonds. The number of thioether (sulfide) groups is 1. The van der Waals surface area contributed by atoms with Crippen LogP contribution in [0.25, 0.3) is 0 Å². The largest absolute Gasteiger partial charge is 0.480 e. The second kappa shape index (κ2) is 5.25. The summed E-state index contributed by atoms with van der Waals surface area (Å²) in [4.78, 5) is 10.5. The maximum Gasteiger partial charge on any atom is 0.325 e. The summed E-state index contributed by atoms with van der Waals surface area (Å²) >= 11 is 1.81. The Morgan fingerprint density at radius 3 is 3.25 bits per heavy atom. The maximum atomic E-state index is 10.5. The third kappa shape index (κ3) is 3.16. The van der Waals surface area contributed by atoms with Gasteiger partial charge in [-0.15, -0.1) is 11.8 Å². The van der Waals surface area contributed by atoms with E-state index >= 15 is 0 Å². The second-order valence-electron chi connectivity index (χ2n) is 3.68. The van der Waals surface area contributed by atoms with E-state index in [4.69, 9.17) is 9.84 Å². The number of carboxylic acids is 1. The first-order valence-corrected chi connectivity index (χ1v) is 6.31. The predicted octanol–water partition coefficient (Wildman–Crippen LogP) is 1.59. The fourth-order valence-corrected chi connectivity index (χ4v) is 2.73. The molecule has 0 radical (unpaired) electrons. The van der Waals surface area contributed by atoms with Gasteiger partial charge in [-0.2, -0.15) is 5.10 Å². The minimum atomic E-state index is -0.901. The fraction of sp³-hybridized carbons (Fsp3) is 0.600. The van der Waals surface area contributed by atoms with Crippen molar-refractivity contribution in [2.45, 2.75) is 31.2 Å². The van der Waals surface area contributed by atoms with Crippen molar-refractivity contribution >= 4 is 17.7 Å². The number of ether oxygens (including phenoxy) is 1. The molecule has 6 heteroatoms. The summed E-state index contributed by atoms with van der Waals surface area (Å²) in [6.45, 7) is -0.124. The van der Waals surface area contributed by atoms with E-state index in [9.17, 15) is 4.79 Å². The van der Waals surface area contributed by atoms with Gasteiger partial charge in [0.05, 0.1) is 12.4 Å². The van der Waals surface area contributed by atoms with Crippen LogP contribution in [0.4, 0.5) is 0 Å². The van der Waals surface area contributed by atoms with Crippen LogP contribution in [0.3, 0.4) is 0 Å². The smallest absolute Gasteiger partial charge is 0.325 e. The molecule has 1 fully saturated rings. The maximum absolute atomic E-state index is 10.5. The average molecular weight is 242 g/mol. The summed E-state index contributed by atoms with van der Waals surface area (Å²) in [5.74, 6) is 0.885. The monoisotopic (exact) mass is 242 g/mol. The molecule has 1 aromatic heterocycles. The van der Waals surface area contributed by atoms with E-state index in [2.05, 4.69) is 5.10 Å². The lowest BCUT2D eigenvalue weighted by atomic mass is 10.2. The van der Waals surface area contributed by atoms with Gasteiger partial charge in [-0.1, -0.05) is 0 Å². The molecular weight excluding hydrogens is 228 g/mol. The number of rotatable bonds is 4. The predicted molar refractivity (Wildman–Crippen MR) is 60.6 cm³/mol. The molecule has 1 saturated heterocycles. The third-order valence-electron chi connectivity index (χ3n) is 2.31. The lowest BCUT2D eigenvalue weighted by Gasteiger charge is -2.21. The first-order chi connectivity index (χ1) is 7.74. The molecule has 1 aliphatic heterocycles. The minimum Gasteiger partial charge on any atom is -0.480 e. The van der Waals surface area contributed by atoms with Crippen LogP contribution in [0.1, 0.15) is 19.3 Å². The highest BCUT2D eigenvalue weighted by molar-refractivity contribution is 7.99. The highest BCUT2D eigenvalue weighted by atomic mass is 32.2. The molecule has 1 aliphatic rings. The lowest BCUT2D eigenvalue weighted by molar-refractivity contribution is -0.137. The standard InChI is InChI=1S/C10H14N2O3S/c13-9(14)7-12-6-8(5-11-12)15-10-3-1-2-4-16-10/h5-6,10H,1-4,7H2,(H,13,14). The molecule has 5 nitrogen and oxygen atoms in total.